The monoisotopic (exact) mass is 272 g/mol. The first-order chi connectivity index (χ1) is 9.55. The maximum atomic E-state index is 8.93. The van der Waals surface area contributed by atoms with E-state index in [0.29, 0.717) is 11.3 Å². The number of hydrogen-bond donors (Lipinski definition) is 1. The van der Waals surface area contributed by atoms with Crippen molar-refractivity contribution in [3.63, 3.8) is 0 Å². The van der Waals surface area contributed by atoms with Gasteiger partial charge in [-0.15, -0.1) is 0 Å². The van der Waals surface area contributed by atoms with Gasteiger partial charge >= 0.3 is 6.01 Å². The first kappa shape index (κ1) is 14.5. The molecule has 4 nitrogen and oxygen atoms in total. The molecule has 2 aromatic rings. The molecule has 0 aliphatic heterocycles. The molecular formula is C16H20N2O2. The molecule has 1 heterocycles. The lowest BCUT2D eigenvalue weighted by atomic mass is 9.82. The highest BCUT2D eigenvalue weighted by molar-refractivity contribution is 5.32. The van der Waals surface area contributed by atoms with Crippen molar-refractivity contribution in [2.45, 2.75) is 39.2 Å². The van der Waals surface area contributed by atoms with Crippen molar-refractivity contribution < 1.29 is 9.84 Å². The second-order valence-electron chi connectivity index (χ2n) is 5.40. The van der Waals surface area contributed by atoms with Gasteiger partial charge < -0.3 is 9.84 Å². The first-order valence-electron chi connectivity index (χ1n) is 6.75. The van der Waals surface area contributed by atoms with E-state index in [9.17, 15) is 0 Å². The second-order valence-corrected chi connectivity index (χ2v) is 5.40. The van der Waals surface area contributed by atoms with Crippen LogP contribution in [0.25, 0.3) is 0 Å². The molecular weight excluding hydrogens is 252 g/mol. The van der Waals surface area contributed by atoms with Crippen LogP contribution in [0.4, 0.5) is 0 Å². The van der Waals surface area contributed by atoms with Crippen LogP contribution >= 0.6 is 0 Å². The average molecular weight is 272 g/mol. The molecule has 1 N–H and O–H groups in total. The van der Waals surface area contributed by atoms with Gasteiger partial charge in [-0.25, -0.2) is 9.97 Å². The summed E-state index contributed by atoms with van der Waals surface area (Å²) in [7, 11) is 0. The fraction of sp³-hybridized carbons (Fsp3) is 0.375. The zero-order valence-electron chi connectivity index (χ0n) is 12.1. The third-order valence-electron chi connectivity index (χ3n) is 3.59. The molecule has 20 heavy (non-hydrogen) atoms. The molecule has 0 amide bonds. The maximum Gasteiger partial charge on any atom is 0.321 e. The fourth-order valence-electron chi connectivity index (χ4n) is 1.76. The normalized spacial score (nSPS) is 11.4. The Labute approximate surface area is 119 Å². The van der Waals surface area contributed by atoms with Crippen molar-refractivity contribution in [3.05, 3.63) is 47.8 Å². The first-order valence-corrected chi connectivity index (χ1v) is 6.75. The smallest absolute Gasteiger partial charge is 0.321 e. The van der Waals surface area contributed by atoms with Gasteiger partial charge in [-0.3, -0.25) is 0 Å². The average Bonchev–Trinajstić information content (AvgIpc) is 2.48. The van der Waals surface area contributed by atoms with Gasteiger partial charge in [-0.2, -0.15) is 0 Å². The van der Waals surface area contributed by atoms with Gasteiger partial charge in [0.1, 0.15) is 5.75 Å². The molecule has 0 atom stereocenters. The molecule has 1 aromatic heterocycles. The lowest BCUT2D eigenvalue weighted by molar-refractivity contribution is 0.280. The lowest BCUT2D eigenvalue weighted by Gasteiger charge is -2.23. The quantitative estimate of drug-likeness (QED) is 0.905. The maximum absolute atomic E-state index is 8.93. The molecule has 0 radical (unpaired) electrons. The highest BCUT2D eigenvalue weighted by Gasteiger charge is 2.17. The molecule has 0 fully saturated rings. The van der Waals surface area contributed by atoms with Crippen molar-refractivity contribution in [3.8, 4) is 11.8 Å². The molecule has 106 valence electrons. The van der Waals surface area contributed by atoms with E-state index in [1.807, 2.05) is 12.1 Å². The summed E-state index contributed by atoms with van der Waals surface area (Å²) in [6.45, 7) is 6.56. The third kappa shape index (κ3) is 3.33. The Kier molecular flexibility index (Phi) is 4.35. The van der Waals surface area contributed by atoms with Gasteiger partial charge in [-0.05, 0) is 29.5 Å². The zero-order valence-corrected chi connectivity index (χ0v) is 12.1. The van der Waals surface area contributed by atoms with Gasteiger partial charge in [0, 0.05) is 18.0 Å². The number of hydrogen-bond acceptors (Lipinski definition) is 4. The van der Waals surface area contributed by atoms with Crippen LogP contribution in [-0.4, -0.2) is 15.1 Å². The summed E-state index contributed by atoms with van der Waals surface area (Å²) < 4.78 is 5.58. The van der Waals surface area contributed by atoms with Crippen molar-refractivity contribution in [2.24, 2.45) is 0 Å². The predicted molar refractivity (Wildman–Crippen MR) is 77.8 cm³/mol. The molecule has 0 aliphatic rings. The summed E-state index contributed by atoms with van der Waals surface area (Å²) in [5.41, 5.74) is 2.11. The van der Waals surface area contributed by atoms with Gasteiger partial charge in [0.2, 0.25) is 0 Å². The minimum Gasteiger partial charge on any atom is -0.424 e. The largest absolute Gasteiger partial charge is 0.424 e. The van der Waals surface area contributed by atoms with Crippen LogP contribution < -0.4 is 4.74 Å². The van der Waals surface area contributed by atoms with Crippen molar-refractivity contribution >= 4 is 0 Å². The van der Waals surface area contributed by atoms with Gasteiger partial charge in [0.15, 0.2) is 0 Å². The van der Waals surface area contributed by atoms with Gasteiger partial charge in [0.05, 0.1) is 6.61 Å². The van der Waals surface area contributed by atoms with Gasteiger partial charge in [-0.1, -0.05) is 32.9 Å². The SMILES string of the molecule is CCC(C)(C)c1ccc(Oc2ncc(CO)cn2)cc1. The number of ether oxygens (including phenoxy) is 1. The Hall–Kier alpha value is -1.94. The number of aliphatic hydroxyl groups excluding tert-OH is 1. The van der Waals surface area contributed by atoms with Crippen molar-refractivity contribution in [2.75, 3.05) is 0 Å². The number of benzene rings is 1. The molecule has 0 unspecified atom stereocenters. The summed E-state index contributed by atoms with van der Waals surface area (Å²) in [6.07, 6.45) is 4.19. The number of nitrogens with zero attached hydrogens (tertiary/aromatic N) is 2. The van der Waals surface area contributed by atoms with Crippen LogP contribution in [0.2, 0.25) is 0 Å². The minimum absolute atomic E-state index is 0.0684. The molecule has 0 saturated heterocycles. The Morgan fingerprint density at radius 3 is 2.20 bits per heavy atom. The zero-order chi connectivity index (χ0) is 14.6. The molecule has 2 rings (SSSR count). The predicted octanol–water partition coefficient (Wildman–Crippen LogP) is 3.45. The molecule has 0 aliphatic carbocycles. The minimum atomic E-state index is -0.0684. The standard InChI is InChI=1S/C16H20N2O2/c1-4-16(2,3)13-5-7-14(8-6-13)20-15-17-9-12(11-19)10-18-15/h5-10,19H,4,11H2,1-3H3. The number of rotatable bonds is 5. The number of aliphatic hydroxyl groups is 1. The van der Waals surface area contributed by atoms with Crippen LogP contribution in [-0.2, 0) is 12.0 Å². The van der Waals surface area contributed by atoms with Crippen LogP contribution in [0, 0.1) is 0 Å². The van der Waals surface area contributed by atoms with Crippen LogP contribution in [0.3, 0.4) is 0 Å². The topological polar surface area (TPSA) is 55.2 Å². The summed E-state index contributed by atoms with van der Waals surface area (Å²) in [5.74, 6) is 0.706. The van der Waals surface area contributed by atoms with E-state index in [4.69, 9.17) is 9.84 Å². The van der Waals surface area contributed by atoms with E-state index < -0.39 is 0 Å². The molecule has 4 heteroatoms. The Bertz CT molecular complexity index is 548. The summed E-state index contributed by atoms with van der Waals surface area (Å²) in [4.78, 5) is 8.08. The summed E-state index contributed by atoms with van der Waals surface area (Å²) in [5, 5.41) is 8.93. The summed E-state index contributed by atoms with van der Waals surface area (Å²) in [6, 6.07) is 8.28. The van der Waals surface area contributed by atoms with E-state index in [1.165, 1.54) is 5.56 Å². The molecule has 0 spiro atoms. The van der Waals surface area contributed by atoms with E-state index >= 15 is 0 Å². The fourth-order valence-corrected chi connectivity index (χ4v) is 1.76. The Balaban J connectivity index is 2.10. The Morgan fingerprint density at radius 1 is 1.10 bits per heavy atom. The van der Waals surface area contributed by atoms with Gasteiger partial charge in [0.25, 0.3) is 0 Å². The van der Waals surface area contributed by atoms with E-state index in [2.05, 4.69) is 42.9 Å². The van der Waals surface area contributed by atoms with E-state index in [-0.39, 0.29) is 18.0 Å². The molecule has 0 saturated carbocycles. The lowest BCUT2D eigenvalue weighted by Crippen LogP contribution is -2.14. The summed E-state index contributed by atoms with van der Waals surface area (Å²) >= 11 is 0. The van der Waals surface area contributed by atoms with Crippen LogP contribution in [0.15, 0.2) is 36.7 Å². The van der Waals surface area contributed by atoms with Crippen molar-refractivity contribution in [1.82, 2.24) is 9.97 Å². The van der Waals surface area contributed by atoms with E-state index in [0.717, 1.165) is 6.42 Å². The van der Waals surface area contributed by atoms with Crippen molar-refractivity contribution in [1.29, 1.82) is 0 Å². The second kappa shape index (κ2) is 6.01. The third-order valence-corrected chi connectivity index (χ3v) is 3.59. The highest BCUT2D eigenvalue weighted by atomic mass is 16.5. The molecule has 0 bridgehead atoms. The number of aromatic nitrogens is 2. The van der Waals surface area contributed by atoms with Crippen LogP contribution in [0.5, 0.6) is 11.8 Å². The van der Waals surface area contributed by atoms with E-state index in [1.54, 1.807) is 12.4 Å². The molecule has 1 aromatic carbocycles. The Morgan fingerprint density at radius 2 is 1.70 bits per heavy atom. The van der Waals surface area contributed by atoms with Crippen LogP contribution in [0.1, 0.15) is 38.3 Å². The highest BCUT2D eigenvalue weighted by Crippen LogP contribution is 2.28.